The molecule has 30 heavy (non-hydrogen) atoms. The molecule has 0 aliphatic carbocycles. The topological polar surface area (TPSA) is 31.1 Å². The van der Waals surface area contributed by atoms with Gasteiger partial charge in [0.05, 0.1) is 6.04 Å². The van der Waals surface area contributed by atoms with Crippen LogP contribution in [-0.2, 0) is 12.8 Å². The predicted octanol–water partition coefficient (Wildman–Crippen LogP) is 6.31. The lowest BCUT2D eigenvalue weighted by atomic mass is 9.94. The molecule has 1 aliphatic heterocycles. The molecule has 3 heteroatoms. The van der Waals surface area contributed by atoms with Gasteiger partial charge in [0, 0.05) is 35.4 Å². The summed E-state index contributed by atoms with van der Waals surface area (Å²) < 4.78 is 0. The van der Waals surface area contributed by atoms with Crippen molar-refractivity contribution in [1.29, 1.82) is 0 Å². The quantitative estimate of drug-likeness (QED) is 0.438. The highest BCUT2D eigenvalue weighted by atomic mass is 15.1. The molecule has 1 unspecified atom stereocenters. The van der Waals surface area contributed by atoms with E-state index in [4.69, 9.17) is 0 Å². The van der Waals surface area contributed by atoms with Gasteiger partial charge in [0.1, 0.15) is 0 Å². The number of benzene rings is 2. The SMILES string of the molecule is CCCCN(CCCC)c1ccc(CC2NCCc3c2[nH]c2ccc(C)cc32)cc1. The van der Waals surface area contributed by atoms with Crippen molar-refractivity contribution in [3.05, 3.63) is 64.8 Å². The molecule has 0 saturated carbocycles. The van der Waals surface area contributed by atoms with Crippen LogP contribution in [-0.4, -0.2) is 24.6 Å². The number of aromatic nitrogens is 1. The number of nitrogens with one attached hydrogen (secondary N) is 2. The lowest BCUT2D eigenvalue weighted by Crippen LogP contribution is -2.31. The van der Waals surface area contributed by atoms with E-state index in [1.54, 1.807) is 0 Å². The van der Waals surface area contributed by atoms with E-state index in [2.05, 4.69) is 78.4 Å². The number of aromatic amines is 1. The van der Waals surface area contributed by atoms with Crippen molar-refractivity contribution in [2.75, 3.05) is 24.5 Å². The Morgan fingerprint density at radius 2 is 1.70 bits per heavy atom. The van der Waals surface area contributed by atoms with Crippen LogP contribution in [0.2, 0.25) is 0 Å². The van der Waals surface area contributed by atoms with Crippen molar-refractivity contribution in [2.45, 2.75) is 65.3 Å². The Bertz CT molecular complexity index is 946. The summed E-state index contributed by atoms with van der Waals surface area (Å²) in [4.78, 5) is 6.28. The van der Waals surface area contributed by atoms with Gasteiger partial charge in [-0.05, 0) is 74.5 Å². The summed E-state index contributed by atoms with van der Waals surface area (Å²) in [6.45, 7) is 10.1. The van der Waals surface area contributed by atoms with Gasteiger partial charge in [-0.3, -0.25) is 0 Å². The molecule has 1 aromatic heterocycles. The molecule has 3 nitrogen and oxygen atoms in total. The summed E-state index contributed by atoms with van der Waals surface area (Å²) in [5.41, 5.74) is 8.30. The fraction of sp³-hybridized carbons (Fsp3) is 0.481. The second-order valence-corrected chi connectivity index (χ2v) is 8.89. The molecule has 0 bridgehead atoms. The van der Waals surface area contributed by atoms with Crippen molar-refractivity contribution >= 4 is 16.6 Å². The van der Waals surface area contributed by atoms with Crippen LogP contribution >= 0.6 is 0 Å². The number of hydrogen-bond donors (Lipinski definition) is 2. The fourth-order valence-electron chi connectivity index (χ4n) is 4.74. The minimum atomic E-state index is 0.364. The normalized spacial score (nSPS) is 16.0. The van der Waals surface area contributed by atoms with Crippen LogP contribution in [0, 0.1) is 6.92 Å². The zero-order valence-electron chi connectivity index (χ0n) is 18.9. The van der Waals surface area contributed by atoms with Gasteiger partial charge in [-0.15, -0.1) is 0 Å². The smallest absolute Gasteiger partial charge is 0.0517 e. The third-order valence-corrected chi connectivity index (χ3v) is 6.51. The molecule has 0 spiro atoms. The molecule has 2 heterocycles. The second-order valence-electron chi connectivity index (χ2n) is 8.89. The van der Waals surface area contributed by atoms with E-state index in [0.29, 0.717) is 6.04 Å². The summed E-state index contributed by atoms with van der Waals surface area (Å²) in [6.07, 6.45) is 7.17. The highest BCUT2D eigenvalue weighted by Crippen LogP contribution is 2.32. The molecule has 0 fully saturated rings. The minimum absolute atomic E-state index is 0.364. The fourth-order valence-corrected chi connectivity index (χ4v) is 4.74. The van der Waals surface area contributed by atoms with Crippen LogP contribution in [0.1, 0.15) is 68.0 Å². The number of H-pyrrole nitrogens is 1. The van der Waals surface area contributed by atoms with Crippen molar-refractivity contribution in [1.82, 2.24) is 10.3 Å². The van der Waals surface area contributed by atoms with E-state index < -0.39 is 0 Å². The first-order valence-corrected chi connectivity index (χ1v) is 11.9. The van der Waals surface area contributed by atoms with E-state index in [9.17, 15) is 0 Å². The number of fused-ring (bicyclic) bond motifs is 3. The van der Waals surface area contributed by atoms with E-state index in [0.717, 1.165) is 32.5 Å². The van der Waals surface area contributed by atoms with Crippen molar-refractivity contribution in [3.8, 4) is 0 Å². The first kappa shape index (κ1) is 21.0. The van der Waals surface area contributed by atoms with E-state index in [-0.39, 0.29) is 0 Å². The molecule has 3 aromatic rings. The maximum atomic E-state index is 3.75. The average molecular weight is 404 g/mol. The molecule has 0 saturated heterocycles. The molecule has 0 amide bonds. The van der Waals surface area contributed by atoms with Crippen LogP contribution in [0.3, 0.4) is 0 Å². The molecular formula is C27H37N3. The van der Waals surface area contributed by atoms with Crippen LogP contribution in [0.4, 0.5) is 5.69 Å². The van der Waals surface area contributed by atoms with Crippen molar-refractivity contribution < 1.29 is 0 Å². The van der Waals surface area contributed by atoms with Gasteiger partial charge >= 0.3 is 0 Å². The number of rotatable bonds is 9. The Hall–Kier alpha value is -2.26. The second kappa shape index (κ2) is 9.70. The maximum absolute atomic E-state index is 3.75. The molecule has 2 N–H and O–H groups in total. The van der Waals surface area contributed by atoms with Crippen molar-refractivity contribution in [2.24, 2.45) is 0 Å². The number of nitrogens with zero attached hydrogens (tertiary/aromatic N) is 1. The summed E-state index contributed by atoms with van der Waals surface area (Å²) >= 11 is 0. The van der Waals surface area contributed by atoms with E-state index >= 15 is 0 Å². The molecule has 4 rings (SSSR count). The van der Waals surface area contributed by atoms with Gasteiger partial charge in [-0.2, -0.15) is 0 Å². The Morgan fingerprint density at radius 1 is 0.967 bits per heavy atom. The molecule has 160 valence electrons. The van der Waals surface area contributed by atoms with E-state index in [1.165, 1.54) is 64.7 Å². The lowest BCUT2D eigenvalue weighted by Gasteiger charge is -2.26. The summed E-state index contributed by atoms with van der Waals surface area (Å²) in [7, 11) is 0. The number of hydrogen-bond acceptors (Lipinski definition) is 2. The zero-order valence-corrected chi connectivity index (χ0v) is 18.9. The zero-order chi connectivity index (χ0) is 20.9. The van der Waals surface area contributed by atoms with Gasteiger partial charge in [0.2, 0.25) is 0 Å². The van der Waals surface area contributed by atoms with Gasteiger partial charge in [-0.1, -0.05) is 50.5 Å². The van der Waals surface area contributed by atoms with Gasteiger partial charge in [-0.25, -0.2) is 0 Å². The third kappa shape index (κ3) is 4.57. The first-order valence-electron chi connectivity index (χ1n) is 11.9. The minimum Gasteiger partial charge on any atom is -0.372 e. The Morgan fingerprint density at radius 3 is 2.40 bits per heavy atom. The molecule has 0 radical (unpaired) electrons. The number of anilines is 1. The first-order chi connectivity index (χ1) is 14.7. The summed E-state index contributed by atoms with van der Waals surface area (Å²) in [6, 6.07) is 16.5. The van der Waals surface area contributed by atoms with Gasteiger partial charge in [0.15, 0.2) is 0 Å². The monoisotopic (exact) mass is 403 g/mol. The highest BCUT2D eigenvalue weighted by molar-refractivity contribution is 5.85. The third-order valence-electron chi connectivity index (χ3n) is 6.51. The van der Waals surface area contributed by atoms with E-state index in [1.807, 2.05) is 0 Å². The summed E-state index contributed by atoms with van der Waals surface area (Å²) in [5, 5.41) is 5.16. The maximum Gasteiger partial charge on any atom is 0.0517 e. The largest absolute Gasteiger partial charge is 0.372 e. The van der Waals surface area contributed by atoms with Crippen LogP contribution in [0.5, 0.6) is 0 Å². The lowest BCUT2D eigenvalue weighted by molar-refractivity contribution is 0.495. The average Bonchev–Trinajstić information content (AvgIpc) is 3.14. The van der Waals surface area contributed by atoms with Crippen molar-refractivity contribution in [3.63, 3.8) is 0 Å². The molecule has 2 aromatic carbocycles. The molecular weight excluding hydrogens is 366 g/mol. The number of unbranched alkanes of at least 4 members (excludes halogenated alkanes) is 2. The van der Waals surface area contributed by atoms with Gasteiger partial charge < -0.3 is 15.2 Å². The standard InChI is InChI=1S/C27H37N3/c1-4-6-16-30(17-7-5-2)22-11-9-21(10-12-22)19-26-27-23(14-15-28-26)24-18-20(3)8-13-25(24)29-27/h8-13,18,26,28-29H,4-7,14-17,19H2,1-3H3. The van der Waals surface area contributed by atoms with Crippen LogP contribution in [0.25, 0.3) is 10.9 Å². The van der Waals surface area contributed by atoms with Gasteiger partial charge in [0.25, 0.3) is 0 Å². The Kier molecular flexibility index (Phi) is 6.79. The molecule has 1 atom stereocenters. The number of aryl methyl sites for hydroxylation is 1. The predicted molar refractivity (Wildman–Crippen MR) is 130 cm³/mol. The Balaban J connectivity index is 1.51. The van der Waals surface area contributed by atoms with Crippen LogP contribution in [0.15, 0.2) is 42.5 Å². The highest BCUT2D eigenvalue weighted by Gasteiger charge is 2.24. The van der Waals surface area contributed by atoms with Crippen LogP contribution < -0.4 is 10.2 Å². The molecule has 1 aliphatic rings. The Labute approximate surface area is 181 Å². The summed E-state index contributed by atoms with van der Waals surface area (Å²) in [5.74, 6) is 0.